The number of fused-ring (bicyclic) bond motifs is 1. The number of nitrogens with one attached hydrogen (secondary N) is 1. The van der Waals surface area contributed by atoms with Gasteiger partial charge < -0.3 is 23.7 Å². The van der Waals surface area contributed by atoms with Gasteiger partial charge in [0.1, 0.15) is 29.3 Å². The lowest BCUT2D eigenvalue weighted by Crippen LogP contribution is -2.34. The van der Waals surface area contributed by atoms with Crippen molar-refractivity contribution in [2.45, 2.75) is 31.7 Å². The Morgan fingerprint density at radius 2 is 2.14 bits per heavy atom. The minimum absolute atomic E-state index is 0.184. The Morgan fingerprint density at radius 3 is 2.91 bits per heavy atom. The van der Waals surface area contributed by atoms with Gasteiger partial charge in [-0.05, 0) is 61.2 Å². The zero-order chi connectivity index (χ0) is 24.3. The van der Waals surface area contributed by atoms with Crippen LogP contribution in [0.25, 0.3) is 22.4 Å². The number of hydrogen-bond donors (Lipinski definition) is 1. The average molecular weight is 626 g/mol. The van der Waals surface area contributed by atoms with Crippen LogP contribution in [0.15, 0.2) is 48.7 Å². The normalized spacial score (nSPS) is 17.4. The monoisotopic (exact) mass is 625 g/mol. The molecule has 0 aliphatic carbocycles. The van der Waals surface area contributed by atoms with Crippen LogP contribution in [0.2, 0.25) is 0 Å². The van der Waals surface area contributed by atoms with Gasteiger partial charge in [-0.3, -0.25) is 0 Å². The predicted molar refractivity (Wildman–Crippen MR) is 153 cm³/mol. The molecule has 1 N–H and O–H groups in total. The third-order valence-corrected chi connectivity index (χ3v) is 7.25. The van der Waals surface area contributed by atoms with E-state index in [9.17, 15) is 0 Å². The lowest BCUT2D eigenvalue weighted by atomic mass is 10.2. The van der Waals surface area contributed by atoms with Gasteiger partial charge in [-0.1, -0.05) is 18.2 Å². The second kappa shape index (κ2) is 14.1. The highest BCUT2D eigenvalue weighted by Crippen LogP contribution is 2.28. The summed E-state index contributed by atoms with van der Waals surface area (Å²) in [5, 5.41) is 3.95. The van der Waals surface area contributed by atoms with Crippen molar-refractivity contribution in [3.8, 4) is 5.75 Å². The van der Waals surface area contributed by atoms with E-state index in [1.54, 1.807) is 11.3 Å². The number of aromatic nitrogens is 2. The molecule has 0 spiro atoms. The molecule has 2 unspecified atom stereocenters. The molecule has 7 nitrogen and oxygen atoms in total. The molecule has 186 valence electrons. The zero-order valence-corrected chi connectivity index (χ0v) is 23.2. The maximum atomic E-state index is 6.08. The minimum Gasteiger partial charge on any atom is -0.491 e. The number of nitrogens with zero attached hydrogens (tertiary/aromatic N) is 2. The van der Waals surface area contributed by atoms with Crippen LogP contribution < -0.4 is 10.1 Å². The number of anilines is 1. The van der Waals surface area contributed by atoms with Gasteiger partial charge in [0.05, 0.1) is 26.0 Å². The van der Waals surface area contributed by atoms with Gasteiger partial charge >= 0.3 is 0 Å². The summed E-state index contributed by atoms with van der Waals surface area (Å²) in [6.07, 6.45) is 12.6. The number of pyridine rings is 1. The van der Waals surface area contributed by atoms with Crippen molar-refractivity contribution in [2.24, 2.45) is 0 Å². The molecule has 3 aromatic rings. The number of thiazole rings is 1. The standard InChI is InChI=1S/C25H28IN3O4S2/c1-27-23-12-9-18(15-28-23)6-2-3-7-24-29-21-11-10-19(14-22(21)34-24)31-16-20(17-32-35-26)33-25-8-4-5-13-30-25/h2-3,6-7,9-12,14-15,20,25H,4-5,8,13,16-17H2,1H3,(H,27,28)/b6-2+,7-3+. The molecule has 10 heteroatoms. The highest BCUT2D eigenvalue weighted by molar-refractivity contribution is 14.2. The first kappa shape index (κ1) is 26.4. The van der Waals surface area contributed by atoms with Gasteiger partial charge in [0.2, 0.25) is 0 Å². The summed E-state index contributed by atoms with van der Waals surface area (Å²) in [7, 11) is 3.15. The molecule has 1 aliphatic heterocycles. The topological polar surface area (TPSA) is 74.7 Å². The summed E-state index contributed by atoms with van der Waals surface area (Å²) in [6, 6.07) is 9.93. The Hall–Kier alpha value is -1.70. The predicted octanol–water partition coefficient (Wildman–Crippen LogP) is 6.77. The van der Waals surface area contributed by atoms with E-state index in [4.69, 9.17) is 23.4 Å². The first-order chi connectivity index (χ1) is 17.2. The second-order valence-electron chi connectivity index (χ2n) is 7.84. The van der Waals surface area contributed by atoms with Crippen molar-refractivity contribution in [3.05, 3.63) is 59.3 Å². The maximum absolute atomic E-state index is 6.08. The molecule has 2 aromatic heterocycles. The molecule has 3 heterocycles. The van der Waals surface area contributed by atoms with E-state index in [-0.39, 0.29) is 12.4 Å². The van der Waals surface area contributed by atoms with Gasteiger partial charge in [-0.15, -0.1) is 11.3 Å². The maximum Gasteiger partial charge on any atom is 0.158 e. The molecule has 1 aliphatic rings. The third kappa shape index (κ3) is 8.43. The van der Waals surface area contributed by atoms with Crippen LogP contribution in [-0.2, 0) is 13.7 Å². The lowest BCUT2D eigenvalue weighted by Gasteiger charge is -2.27. The van der Waals surface area contributed by atoms with E-state index in [0.29, 0.717) is 13.2 Å². The number of ether oxygens (including phenoxy) is 3. The van der Waals surface area contributed by atoms with E-state index in [1.165, 1.54) is 9.21 Å². The molecule has 4 rings (SSSR count). The molecular formula is C25H28IN3O4S2. The number of hydrogen-bond acceptors (Lipinski definition) is 9. The van der Waals surface area contributed by atoms with Crippen LogP contribution in [-0.4, -0.2) is 49.2 Å². The number of halogens is 1. The summed E-state index contributed by atoms with van der Waals surface area (Å²) in [6.45, 7) is 1.58. The molecule has 2 atom stereocenters. The first-order valence-corrected chi connectivity index (χ1v) is 15.5. The fraction of sp³-hybridized carbons (Fsp3) is 0.360. The molecule has 0 radical (unpaired) electrons. The molecule has 0 bridgehead atoms. The summed E-state index contributed by atoms with van der Waals surface area (Å²) >= 11 is 3.73. The number of allylic oxidation sites excluding steroid dienone is 2. The van der Waals surface area contributed by atoms with Crippen LogP contribution in [0.5, 0.6) is 5.75 Å². The smallest absolute Gasteiger partial charge is 0.158 e. The molecule has 1 fully saturated rings. The van der Waals surface area contributed by atoms with Gasteiger partial charge in [0, 0.05) is 41.1 Å². The third-order valence-electron chi connectivity index (χ3n) is 5.27. The van der Waals surface area contributed by atoms with E-state index < -0.39 is 0 Å². The highest BCUT2D eigenvalue weighted by atomic mass is 127. The molecule has 1 aromatic carbocycles. The van der Waals surface area contributed by atoms with Crippen molar-refractivity contribution < 1.29 is 18.4 Å². The SMILES string of the molecule is CNc1ccc(/C=C/C=C/c2nc3ccc(OCC(COSI)OC4CCCCO4)cc3s2)cn1. The fourth-order valence-corrected chi connectivity index (χ4v) is 5.04. The molecule has 1 saturated heterocycles. The van der Waals surface area contributed by atoms with Crippen LogP contribution in [0.4, 0.5) is 5.82 Å². The van der Waals surface area contributed by atoms with E-state index >= 15 is 0 Å². The number of rotatable bonds is 12. The second-order valence-corrected chi connectivity index (χ2v) is 10.3. The van der Waals surface area contributed by atoms with Crippen molar-refractivity contribution >= 4 is 69.9 Å². The first-order valence-electron chi connectivity index (χ1n) is 11.4. The summed E-state index contributed by atoms with van der Waals surface area (Å²) in [5.41, 5.74) is 1.99. The Labute approximate surface area is 226 Å². The van der Waals surface area contributed by atoms with Crippen molar-refractivity contribution in [1.82, 2.24) is 9.97 Å². The van der Waals surface area contributed by atoms with Crippen molar-refractivity contribution in [1.29, 1.82) is 0 Å². The molecule has 0 amide bonds. The molecular weight excluding hydrogens is 597 g/mol. The minimum atomic E-state index is -0.201. The van der Waals surface area contributed by atoms with Crippen LogP contribution >= 0.6 is 41.8 Å². The van der Waals surface area contributed by atoms with Crippen LogP contribution in [0.3, 0.4) is 0 Å². The van der Waals surface area contributed by atoms with Gasteiger partial charge in [0.15, 0.2) is 6.29 Å². The van der Waals surface area contributed by atoms with E-state index in [1.807, 2.05) is 67.9 Å². The summed E-state index contributed by atoms with van der Waals surface area (Å²) < 4.78 is 24.4. The summed E-state index contributed by atoms with van der Waals surface area (Å²) in [4.78, 5) is 9.00. The van der Waals surface area contributed by atoms with Gasteiger partial charge in [0.25, 0.3) is 0 Å². The van der Waals surface area contributed by atoms with Crippen molar-refractivity contribution in [3.63, 3.8) is 0 Å². The largest absolute Gasteiger partial charge is 0.491 e. The van der Waals surface area contributed by atoms with E-state index in [2.05, 4.69) is 31.5 Å². The van der Waals surface area contributed by atoms with Crippen LogP contribution in [0, 0.1) is 0 Å². The van der Waals surface area contributed by atoms with Crippen LogP contribution in [0.1, 0.15) is 29.8 Å². The molecule has 0 saturated carbocycles. The van der Waals surface area contributed by atoms with Gasteiger partial charge in [-0.25, -0.2) is 9.97 Å². The lowest BCUT2D eigenvalue weighted by molar-refractivity contribution is -0.197. The molecule has 35 heavy (non-hydrogen) atoms. The van der Waals surface area contributed by atoms with Crippen molar-refractivity contribution in [2.75, 3.05) is 32.2 Å². The highest BCUT2D eigenvalue weighted by Gasteiger charge is 2.21. The average Bonchev–Trinajstić information content (AvgIpc) is 3.31. The quantitative estimate of drug-likeness (QED) is 0.134. The Kier molecular flexibility index (Phi) is 10.7. The number of benzene rings is 1. The van der Waals surface area contributed by atoms with E-state index in [0.717, 1.165) is 58.2 Å². The summed E-state index contributed by atoms with van der Waals surface area (Å²) in [5.74, 6) is 1.64. The van der Waals surface area contributed by atoms with Gasteiger partial charge in [-0.2, -0.15) is 0 Å². The Morgan fingerprint density at radius 1 is 1.23 bits per heavy atom. The Balaban J connectivity index is 1.33. The fourth-order valence-electron chi connectivity index (χ4n) is 3.49. The Bertz CT molecular complexity index is 1120. The zero-order valence-electron chi connectivity index (χ0n) is 19.4.